The Kier molecular flexibility index (Phi) is 6.87. The summed E-state index contributed by atoms with van der Waals surface area (Å²) < 4.78 is 46.1. The fourth-order valence-electron chi connectivity index (χ4n) is 4.88. The van der Waals surface area contributed by atoms with Gasteiger partial charge in [-0.15, -0.1) is 5.10 Å². The van der Waals surface area contributed by atoms with Crippen molar-refractivity contribution in [3.05, 3.63) is 83.6 Å². The quantitative estimate of drug-likeness (QED) is 0.265. The lowest BCUT2D eigenvalue weighted by Crippen LogP contribution is -2.32. The highest BCUT2D eigenvalue weighted by molar-refractivity contribution is 6.19. The van der Waals surface area contributed by atoms with E-state index in [1.165, 1.54) is 0 Å². The van der Waals surface area contributed by atoms with Crippen LogP contribution in [0.3, 0.4) is 0 Å². The van der Waals surface area contributed by atoms with Crippen molar-refractivity contribution in [1.82, 2.24) is 15.2 Å². The van der Waals surface area contributed by atoms with E-state index in [1.807, 2.05) is 42.5 Å². The predicted molar refractivity (Wildman–Crippen MR) is 144 cm³/mol. The molecule has 1 saturated carbocycles. The van der Waals surface area contributed by atoms with Crippen molar-refractivity contribution in [1.29, 1.82) is 0 Å². The molecule has 4 aromatic rings. The number of rotatable bonds is 6. The van der Waals surface area contributed by atoms with Gasteiger partial charge >= 0.3 is 12.2 Å². The second-order valence-electron chi connectivity index (χ2n) is 9.70. The van der Waals surface area contributed by atoms with Crippen LogP contribution < -0.4 is 16.0 Å². The van der Waals surface area contributed by atoms with Gasteiger partial charge < -0.3 is 25.5 Å². The van der Waals surface area contributed by atoms with Crippen LogP contribution in [0.2, 0.25) is 0 Å². The fourth-order valence-corrected chi connectivity index (χ4v) is 4.88. The molecule has 0 saturated heterocycles. The molecule has 13 heteroatoms. The molecule has 0 bridgehead atoms. The van der Waals surface area contributed by atoms with E-state index in [1.54, 1.807) is 12.1 Å². The molecule has 1 aliphatic heterocycles. The van der Waals surface area contributed by atoms with Gasteiger partial charge in [0.2, 0.25) is 6.17 Å². The standard InChI is InChI=1S/C28H24F3N7O3/c29-28(30,31)16-13-20(33-19-11-6-12-21(19)39)23(32-14-16)26-37-38-27(41-26)36-24-25(40)34-18-10-5-4-9-17(18)22(35-24)15-7-2-1-3-8-15/h1-5,7-10,13-14,19,21,24,33,39H,6,11-12H2,(H,34,40)(H,36,38)/t19-,21+,24?/m1/s1. The van der Waals surface area contributed by atoms with Crippen LogP contribution in [0.5, 0.6) is 0 Å². The third kappa shape index (κ3) is 5.48. The average Bonchev–Trinajstić information content (AvgIpc) is 3.56. The van der Waals surface area contributed by atoms with Gasteiger partial charge in [0.25, 0.3) is 11.8 Å². The van der Waals surface area contributed by atoms with E-state index in [0.29, 0.717) is 30.4 Å². The fraction of sp³-hybridized carbons (Fsp3) is 0.250. The Bertz CT molecular complexity index is 1610. The monoisotopic (exact) mass is 563 g/mol. The van der Waals surface area contributed by atoms with E-state index >= 15 is 0 Å². The third-order valence-electron chi connectivity index (χ3n) is 6.92. The molecule has 0 radical (unpaired) electrons. The van der Waals surface area contributed by atoms with Gasteiger partial charge in [0, 0.05) is 17.3 Å². The number of carbonyl (C=O) groups is 1. The number of fused-ring (bicyclic) bond motifs is 1. The zero-order chi connectivity index (χ0) is 28.6. The molecule has 1 unspecified atom stereocenters. The number of benzodiazepines with no additional fused rings is 1. The Morgan fingerprint density at radius 2 is 1.78 bits per heavy atom. The molecule has 0 spiro atoms. The maximum Gasteiger partial charge on any atom is 0.417 e. The number of aromatic nitrogens is 3. The topological polar surface area (TPSA) is 138 Å². The first-order chi connectivity index (χ1) is 19.8. The van der Waals surface area contributed by atoms with Gasteiger partial charge in [-0.2, -0.15) is 13.2 Å². The molecule has 2 aromatic heterocycles. The number of alkyl halides is 3. The normalized spacial score (nSPS) is 20.5. The number of benzene rings is 2. The molecule has 6 rings (SSSR count). The van der Waals surface area contributed by atoms with Crippen molar-refractivity contribution in [2.75, 3.05) is 16.0 Å². The number of aliphatic hydroxyl groups is 1. The minimum absolute atomic E-state index is 0.00646. The second kappa shape index (κ2) is 10.7. The van der Waals surface area contributed by atoms with Crippen molar-refractivity contribution in [2.45, 2.75) is 43.8 Å². The van der Waals surface area contributed by atoms with Crippen molar-refractivity contribution in [3.63, 3.8) is 0 Å². The molecule has 3 heterocycles. The van der Waals surface area contributed by atoms with Gasteiger partial charge in [0.1, 0.15) is 0 Å². The van der Waals surface area contributed by atoms with Crippen LogP contribution in [0.1, 0.15) is 36.0 Å². The van der Waals surface area contributed by atoms with Crippen LogP contribution in [0.15, 0.2) is 76.3 Å². The van der Waals surface area contributed by atoms with E-state index < -0.39 is 36.0 Å². The molecule has 1 amide bonds. The highest BCUT2D eigenvalue weighted by Gasteiger charge is 2.34. The number of halogens is 3. The summed E-state index contributed by atoms with van der Waals surface area (Å²) in [4.78, 5) is 21.7. The van der Waals surface area contributed by atoms with E-state index in [-0.39, 0.29) is 23.3 Å². The number of amides is 1. The molecular formula is C28H24F3N7O3. The molecule has 3 atom stereocenters. The average molecular weight is 564 g/mol. The van der Waals surface area contributed by atoms with Crippen LogP contribution in [-0.2, 0) is 11.0 Å². The number of anilines is 3. The summed E-state index contributed by atoms with van der Waals surface area (Å²) in [7, 11) is 0. The lowest BCUT2D eigenvalue weighted by molar-refractivity contribution is -0.137. The van der Waals surface area contributed by atoms with Crippen LogP contribution in [0, 0.1) is 0 Å². The summed E-state index contributed by atoms with van der Waals surface area (Å²) >= 11 is 0. The number of hydrogen-bond acceptors (Lipinski definition) is 9. The summed E-state index contributed by atoms with van der Waals surface area (Å²) in [5.41, 5.74) is 1.65. The van der Waals surface area contributed by atoms with Crippen molar-refractivity contribution >= 4 is 29.0 Å². The van der Waals surface area contributed by atoms with Gasteiger partial charge in [-0.1, -0.05) is 53.6 Å². The van der Waals surface area contributed by atoms with Crippen molar-refractivity contribution in [2.24, 2.45) is 4.99 Å². The van der Waals surface area contributed by atoms with Crippen molar-refractivity contribution in [3.8, 4) is 11.6 Å². The highest BCUT2D eigenvalue weighted by atomic mass is 19.4. The highest BCUT2D eigenvalue weighted by Crippen LogP contribution is 2.36. The van der Waals surface area contributed by atoms with Crippen LogP contribution in [0.25, 0.3) is 11.6 Å². The first-order valence-electron chi connectivity index (χ1n) is 12.9. The van der Waals surface area contributed by atoms with Gasteiger partial charge in [-0.3, -0.25) is 4.79 Å². The molecule has 10 nitrogen and oxygen atoms in total. The predicted octanol–water partition coefficient (Wildman–Crippen LogP) is 4.70. The largest absolute Gasteiger partial charge is 0.417 e. The SMILES string of the molecule is O=C1Nc2ccccc2C(c2ccccc2)=NC1Nc1nnc(-c2ncc(C(F)(F)F)cc2N[C@@H]2CCC[C@@H]2O)o1. The Morgan fingerprint density at radius 1 is 1.00 bits per heavy atom. The number of carbonyl (C=O) groups excluding carboxylic acids is 1. The molecule has 4 N–H and O–H groups in total. The number of aliphatic hydroxyl groups excluding tert-OH is 1. The molecule has 2 aromatic carbocycles. The van der Waals surface area contributed by atoms with Gasteiger partial charge in [0.05, 0.1) is 34.8 Å². The number of pyridine rings is 1. The molecular weight excluding hydrogens is 539 g/mol. The van der Waals surface area contributed by atoms with Crippen LogP contribution in [0.4, 0.5) is 30.6 Å². The second-order valence-corrected chi connectivity index (χ2v) is 9.70. The first kappa shape index (κ1) is 26.4. The van der Waals surface area contributed by atoms with E-state index in [9.17, 15) is 23.1 Å². The third-order valence-corrected chi connectivity index (χ3v) is 6.92. The summed E-state index contributed by atoms with van der Waals surface area (Å²) in [6.45, 7) is 0. The minimum Gasteiger partial charge on any atom is -0.402 e. The number of aliphatic imine (C=N–C) groups is 1. The van der Waals surface area contributed by atoms with Gasteiger partial charge in [0.15, 0.2) is 5.69 Å². The maximum atomic E-state index is 13.5. The summed E-state index contributed by atoms with van der Waals surface area (Å²) in [6, 6.07) is 16.9. The number of nitrogens with one attached hydrogen (secondary N) is 3. The summed E-state index contributed by atoms with van der Waals surface area (Å²) in [5, 5.41) is 26.8. The number of hydrogen-bond donors (Lipinski definition) is 4. The van der Waals surface area contributed by atoms with Crippen LogP contribution in [-0.4, -0.2) is 50.2 Å². The minimum atomic E-state index is -4.63. The summed E-state index contributed by atoms with van der Waals surface area (Å²) in [6.07, 6.45) is -3.99. The zero-order valence-electron chi connectivity index (χ0n) is 21.4. The zero-order valence-corrected chi connectivity index (χ0v) is 21.4. The molecule has 1 aliphatic carbocycles. The molecule has 41 heavy (non-hydrogen) atoms. The van der Waals surface area contributed by atoms with E-state index in [0.717, 1.165) is 23.6 Å². The number of para-hydroxylation sites is 1. The summed E-state index contributed by atoms with van der Waals surface area (Å²) in [5.74, 6) is -0.658. The van der Waals surface area contributed by atoms with Gasteiger partial charge in [-0.25, -0.2) is 9.98 Å². The lowest BCUT2D eigenvalue weighted by atomic mass is 10.0. The Balaban J connectivity index is 1.32. The molecule has 1 fully saturated rings. The molecule has 2 aliphatic rings. The van der Waals surface area contributed by atoms with E-state index in [2.05, 4.69) is 36.1 Å². The Labute approximate surface area is 231 Å². The van der Waals surface area contributed by atoms with E-state index in [4.69, 9.17) is 4.42 Å². The lowest BCUT2D eigenvalue weighted by Gasteiger charge is -2.20. The maximum absolute atomic E-state index is 13.5. The Morgan fingerprint density at radius 3 is 2.54 bits per heavy atom. The number of nitrogens with zero attached hydrogens (tertiary/aromatic N) is 4. The van der Waals surface area contributed by atoms with Crippen LogP contribution >= 0.6 is 0 Å². The molecule has 210 valence electrons. The van der Waals surface area contributed by atoms with Crippen molar-refractivity contribution < 1.29 is 27.5 Å². The van der Waals surface area contributed by atoms with Gasteiger partial charge in [-0.05, 0) is 31.4 Å². The smallest absolute Gasteiger partial charge is 0.402 e. The Hall–Kier alpha value is -4.78. The first-order valence-corrected chi connectivity index (χ1v) is 12.9.